The molecule has 0 spiro atoms. The molecule has 0 radical (unpaired) electrons. The molecule has 0 unspecified atom stereocenters. The normalized spacial score (nSPS) is 15.3. The van der Waals surface area contributed by atoms with Crippen molar-refractivity contribution in [2.75, 3.05) is 13.2 Å². The summed E-state index contributed by atoms with van der Waals surface area (Å²) in [5, 5.41) is 16.6. The summed E-state index contributed by atoms with van der Waals surface area (Å²) in [5.74, 6) is -0.674. The van der Waals surface area contributed by atoms with Crippen LogP contribution < -0.4 is 0 Å². The van der Waals surface area contributed by atoms with E-state index in [1.165, 1.54) is 0 Å². The Bertz CT molecular complexity index is 385. The van der Waals surface area contributed by atoms with Crippen LogP contribution in [0.2, 0.25) is 0 Å². The van der Waals surface area contributed by atoms with Crippen LogP contribution in [-0.4, -0.2) is 39.3 Å². The number of nitrogens with zero attached hydrogens (tertiary/aromatic N) is 3. The van der Waals surface area contributed by atoms with E-state index < -0.39 is 5.97 Å². The number of carboxylic acids is 1. The average Bonchev–Trinajstić information content (AvgIpc) is 3.00. The van der Waals surface area contributed by atoms with Gasteiger partial charge in [-0.15, -0.1) is 5.10 Å². The summed E-state index contributed by atoms with van der Waals surface area (Å²) in [4.78, 5) is 11.0. The van der Waals surface area contributed by atoms with E-state index >= 15 is 0 Å². The molecular formula is C10H15N3O3. The molecule has 1 aliphatic rings. The maximum absolute atomic E-state index is 11.0. The third kappa shape index (κ3) is 2.21. The lowest BCUT2D eigenvalue weighted by atomic mass is 10.2. The van der Waals surface area contributed by atoms with Crippen molar-refractivity contribution >= 4 is 5.97 Å². The van der Waals surface area contributed by atoms with E-state index in [2.05, 4.69) is 10.3 Å². The molecule has 0 saturated heterocycles. The van der Waals surface area contributed by atoms with Crippen molar-refractivity contribution in [3.8, 4) is 0 Å². The Morgan fingerprint density at radius 3 is 2.94 bits per heavy atom. The van der Waals surface area contributed by atoms with Crippen LogP contribution in [0.5, 0.6) is 0 Å². The molecule has 6 nitrogen and oxygen atoms in total. The van der Waals surface area contributed by atoms with Crippen LogP contribution in [0, 0.1) is 0 Å². The second kappa shape index (κ2) is 4.61. The van der Waals surface area contributed by atoms with Crippen molar-refractivity contribution in [3.63, 3.8) is 0 Å². The molecule has 1 heterocycles. The van der Waals surface area contributed by atoms with E-state index in [0.29, 0.717) is 25.7 Å². The summed E-state index contributed by atoms with van der Waals surface area (Å²) in [6, 6.07) is 0. The van der Waals surface area contributed by atoms with E-state index in [0.717, 1.165) is 18.5 Å². The molecule has 1 aromatic heterocycles. The lowest BCUT2D eigenvalue weighted by molar-refractivity contribution is 0.0688. The highest BCUT2D eigenvalue weighted by Gasteiger charge is 2.33. The summed E-state index contributed by atoms with van der Waals surface area (Å²) >= 11 is 0. The Hall–Kier alpha value is -1.43. The van der Waals surface area contributed by atoms with Crippen LogP contribution in [0.1, 0.15) is 41.9 Å². The summed E-state index contributed by atoms with van der Waals surface area (Å²) in [5.41, 5.74) is 0.853. The number of hydrogen-bond acceptors (Lipinski definition) is 4. The van der Waals surface area contributed by atoms with Crippen molar-refractivity contribution in [2.24, 2.45) is 0 Å². The van der Waals surface area contributed by atoms with E-state index in [-0.39, 0.29) is 5.69 Å². The van der Waals surface area contributed by atoms with E-state index in [9.17, 15) is 4.79 Å². The minimum Gasteiger partial charge on any atom is -0.476 e. The van der Waals surface area contributed by atoms with Crippen LogP contribution in [0.15, 0.2) is 0 Å². The zero-order valence-electron chi connectivity index (χ0n) is 9.22. The van der Waals surface area contributed by atoms with Crippen molar-refractivity contribution < 1.29 is 14.6 Å². The molecule has 0 aliphatic heterocycles. The first kappa shape index (κ1) is 11.1. The van der Waals surface area contributed by atoms with E-state index in [1.807, 2.05) is 6.92 Å². The highest BCUT2D eigenvalue weighted by Crippen LogP contribution is 2.41. The van der Waals surface area contributed by atoms with E-state index in [4.69, 9.17) is 9.84 Å². The number of hydrogen-bond donors (Lipinski definition) is 1. The monoisotopic (exact) mass is 225 g/mol. The largest absolute Gasteiger partial charge is 0.476 e. The van der Waals surface area contributed by atoms with Crippen LogP contribution in [0.25, 0.3) is 0 Å². The van der Waals surface area contributed by atoms with Crippen LogP contribution in [0.3, 0.4) is 0 Å². The van der Waals surface area contributed by atoms with Crippen LogP contribution >= 0.6 is 0 Å². The van der Waals surface area contributed by atoms with Crippen molar-refractivity contribution in [1.29, 1.82) is 0 Å². The number of rotatable bonds is 6. The molecule has 1 fully saturated rings. The van der Waals surface area contributed by atoms with Gasteiger partial charge in [-0.05, 0) is 19.8 Å². The van der Waals surface area contributed by atoms with Gasteiger partial charge in [0.2, 0.25) is 0 Å². The molecule has 88 valence electrons. The number of aromatic nitrogens is 3. The molecular weight excluding hydrogens is 210 g/mol. The van der Waals surface area contributed by atoms with Gasteiger partial charge in [-0.1, -0.05) is 5.21 Å². The van der Waals surface area contributed by atoms with Gasteiger partial charge in [-0.2, -0.15) is 0 Å². The van der Waals surface area contributed by atoms with Gasteiger partial charge in [-0.3, -0.25) is 0 Å². The molecule has 1 N–H and O–H groups in total. The smallest absolute Gasteiger partial charge is 0.358 e. The maximum Gasteiger partial charge on any atom is 0.358 e. The molecule has 2 rings (SSSR count). The number of carboxylic acid groups (broad SMARTS) is 1. The van der Waals surface area contributed by atoms with Crippen molar-refractivity contribution in [2.45, 2.75) is 32.2 Å². The molecule has 1 saturated carbocycles. The molecule has 1 aromatic rings. The SMILES string of the molecule is CCOCCn1nnc(C(=O)O)c1C1CC1. The quantitative estimate of drug-likeness (QED) is 0.727. The lowest BCUT2D eigenvalue weighted by Gasteiger charge is -2.05. The van der Waals surface area contributed by atoms with Gasteiger partial charge >= 0.3 is 5.97 Å². The van der Waals surface area contributed by atoms with Crippen molar-refractivity contribution in [1.82, 2.24) is 15.0 Å². The Labute approximate surface area is 93.2 Å². The predicted octanol–water partition coefficient (Wildman–Crippen LogP) is 0.890. The number of aromatic carboxylic acids is 1. The number of carbonyl (C=O) groups is 1. The van der Waals surface area contributed by atoms with Gasteiger partial charge in [0, 0.05) is 12.5 Å². The first-order valence-electron chi connectivity index (χ1n) is 5.48. The Morgan fingerprint density at radius 1 is 1.62 bits per heavy atom. The van der Waals surface area contributed by atoms with Gasteiger partial charge in [0.15, 0.2) is 5.69 Å². The standard InChI is InChI=1S/C10H15N3O3/c1-2-16-6-5-13-9(7-3-4-7)8(10(14)15)11-12-13/h7H,2-6H2,1H3,(H,14,15). The van der Waals surface area contributed by atoms with E-state index in [1.54, 1.807) is 4.68 Å². The molecule has 1 aliphatic carbocycles. The molecule has 6 heteroatoms. The molecule has 0 aromatic carbocycles. The first-order chi connectivity index (χ1) is 7.74. The third-order valence-electron chi connectivity index (χ3n) is 2.59. The average molecular weight is 225 g/mol. The highest BCUT2D eigenvalue weighted by atomic mass is 16.5. The minimum absolute atomic E-state index is 0.0963. The fourth-order valence-corrected chi connectivity index (χ4v) is 1.69. The fourth-order valence-electron chi connectivity index (χ4n) is 1.69. The Morgan fingerprint density at radius 2 is 2.38 bits per heavy atom. The first-order valence-corrected chi connectivity index (χ1v) is 5.48. The van der Waals surface area contributed by atoms with Gasteiger partial charge in [0.25, 0.3) is 0 Å². The zero-order valence-corrected chi connectivity index (χ0v) is 9.22. The maximum atomic E-state index is 11.0. The molecule has 0 amide bonds. The van der Waals surface area contributed by atoms with Gasteiger partial charge in [0.05, 0.1) is 18.8 Å². The minimum atomic E-state index is -0.996. The second-order valence-corrected chi connectivity index (χ2v) is 3.82. The van der Waals surface area contributed by atoms with Crippen LogP contribution in [-0.2, 0) is 11.3 Å². The summed E-state index contributed by atoms with van der Waals surface area (Å²) in [7, 11) is 0. The molecule has 0 bridgehead atoms. The van der Waals surface area contributed by atoms with Crippen LogP contribution in [0.4, 0.5) is 0 Å². The molecule has 16 heavy (non-hydrogen) atoms. The van der Waals surface area contributed by atoms with Gasteiger partial charge < -0.3 is 9.84 Å². The topological polar surface area (TPSA) is 77.2 Å². The fraction of sp³-hybridized carbons (Fsp3) is 0.700. The van der Waals surface area contributed by atoms with Gasteiger partial charge in [0.1, 0.15) is 0 Å². The summed E-state index contributed by atoms with van der Waals surface area (Å²) < 4.78 is 6.89. The number of ether oxygens (including phenoxy) is 1. The Balaban J connectivity index is 2.14. The second-order valence-electron chi connectivity index (χ2n) is 3.82. The van der Waals surface area contributed by atoms with Crippen molar-refractivity contribution in [3.05, 3.63) is 11.4 Å². The van der Waals surface area contributed by atoms with Gasteiger partial charge in [-0.25, -0.2) is 9.48 Å². The molecule has 0 atom stereocenters. The summed E-state index contributed by atoms with van der Waals surface area (Å²) in [6.45, 7) is 3.68. The predicted molar refractivity (Wildman–Crippen MR) is 55.4 cm³/mol. The Kier molecular flexibility index (Phi) is 3.19. The zero-order chi connectivity index (χ0) is 11.5. The lowest BCUT2D eigenvalue weighted by Crippen LogP contribution is -2.11. The third-order valence-corrected chi connectivity index (χ3v) is 2.59. The summed E-state index contributed by atoms with van der Waals surface area (Å²) in [6.07, 6.45) is 2.06. The highest BCUT2D eigenvalue weighted by molar-refractivity contribution is 5.86.